The van der Waals surface area contributed by atoms with Crippen LogP contribution in [0, 0.1) is 17.2 Å². The van der Waals surface area contributed by atoms with Gasteiger partial charge in [0.2, 0.25) is 0 Å². The summed E-state index contributed by atoms with van der Waals surface area (Å²) >= 11 is 9.32. The summed E-state index contributed by atoms with van der Waals surface area (Å²) in [6.07, 6.45) is 14.0. The lowest BCUT2D eigenvalue weighted by atomic mass is 9.77. The molecule has 5 nitrogen and oxygen atoms in total. The molecule has 8 heteroatoms. The van der Waals surface area contributed by atoms with E-state index in [2.05, 4.69) is 95.6 Å². The third-order valence-corrected chi connectivity index (χ3v) is 13.5. The molecule has 1 fully saturated rings. The van der Waals surface area contributed by atoms with Gasteiger partial charge < -0.3 is 14.2 Å². The van der Waals surface area contributed by atoms with Gasteiger partial charge in [-0.25, -0.2) is 14.0 Å². The molecule has 3 aromatic rings. The first-order chi connectivity index (χ1) is 28.4. The standard InChI is InChI=1S/C51H69FO5S2/c1-8-11-12-15-37-18-20-39(21-19-37)40-22-25-45(47(52)30-40)44-24-23-42(28-38(44)9-2)46-29-43(17-14-27-56-50(54)36(6)7)48(57-32-51(10-3,33-58)34-59)31-41(46)16-13-26-55-49(53)35(4)5/h22-25,28-31,37,39,58-59H,4,6,8-21,26-27,32-34H2,1-3,5,7H3. The zero-order chi connectivity index (χ0) is 43.0. The molecule has 0 atom stereocenters. The number of carbonyl (C=O) groups is 2. The number of thiol groups is 2. The fourth-order valence-electron chi connectivity index (χ4n) is 8.06. The Bertz CT molecular complexity index is 1870. The van der Waals surface area contributed by atoms with Crippen molar-refractivity contribution in [2.45, 2.75) is 130 Å². The molecule has 1 aliphatic carbocycles. The lowest BCUT2D eigenvalue weighted by Crippen LogP contribution is -2.32. The van der Waals surface area contributed by atoms with E-state index in [4.69, 9.17) is 14.2 Å². The maximum atomic E-state index is 16.1. The van der Waals surface area contributed by atoms with Crippen LogP contribution in [0.1, 0.15) is 133 Å². The van der Waals surface area contributed by atoms with Gasteiger partial charge in [0.25, 0.3) is 0 Å². The van der Waals surface area contributed by atoms with E-state index in [1.807, 2.05) is 6.07 Å². The predicted octanol–water partition coefficient (Wildman–Crippen LogP) is 13.3. The fraction of sp³-hybridized carbons (Fsp3) is 0.529. The van der Waals surface area contributed by atoms with E-state index in [0.717, 1.165) is 76.3 Å². The number of halogens is 1. The summed E-state index contributed by atoms with van der Waals surface area (Å²) < 4.78 is 33.7. The first kappa shape index (κ1) is 48.2. The second kappa shape index (κ2) is 24.1. The summed E-state index contributed by atoms with van der Waals surface area (Å²) in [6.45, 7) is 18.1. The van der Waals surface area contributed by atoms with Gasteiger partial charge in [-0.1, -0.05) is 89.9 Å². The molecule has 0 spiro atoms. The van der Waals surface area contributed by atoms with Crippen LogP contribution >= 0.6 is 25.3 Å². The molecule has 0 unspecified atom stereocenters. The zero-order valence-corrected chi connectivity index (χ0v) is 38.2. The highest BCUT2D eigenvalue weighted by Gasteiger charge is 2.27. The average Bonchev–Trinajstić information content (AvgIpc) is 3.24. The van der Waals surface area contributed by atoms with Gasteiger partial charge in [0.15, 0.2) is 0 Å². The van der Waals surface area contributed by atoms with Crippen molar-refractivity contribution in [3.63, 3.8) is 0 Å². The molecule has 0 bridgehead atoms. The molecule has 1 aliphatic rings. The van der Waals surface area contributed by atoms with Gasteiger partial charge in [-0.2, -0.15) is 25.3 Å². The van der Waals surface area contributed by atoms with E-state index in [9.17, 15) is 9.59 Å². The molecule has 3 aromatic carbocycles. The largest absolute Gasteiger partial charge is 0.493 e. The Morgan fingerprint density at radius 2 is 1.37 bits per heavy atom. The van der Waals surface area contributed by atoms with Crippen LogP contribution in [0.3, 0.4) is 0 Å². The van der Waals surface area contributed by atoms with Gasteiger partial charge in [0.1, 0.15) is 11.6 Å². The number of benzene rings is 3. The topological polar surface area (TPSA) is 61.8 Å². The van der Waals surface area contributed by atoms with E-state index >= 15 is 4.39 Å². The van der Waals surface area contributed by atoms with Crippen LogP contribution in [-0.4, -0.2) is 43.3 Å². The first-order valence-corrected chi connectivity index (χ1v) is 23.2. The Hall–Kier alpha value is -3.49. The number of ether oxygens (including phenoxy) is 3. The van der Waals surface area contributed by atoms with Gasteiger partial charge in [-0.3, -0.25) is 0 Å². The Kier molecular flexibility index (Phi) is 19.7. The fourth-order valence-corrected chi connectivity index (χ4v) is 9.09. The third kappa shape index (κ3) is 13.8. The molecule has 0 heterocycles. The molecular weight excluding hydrogens is 776 g/mol. The minimum atomic E-state index is -0.404. The van der Waals surface area contributed by atoms with Gasteiger partial charge in [-0.05, 0) is 159 Å². The number of carbonyl (C=O) groups excluding carboxylic acids is 2. The first-order valence-electron chi connectivity index (χ1n) is 22.0. The minimum absolute atomic E-state index is 0.165. The van der Waals surface area contributed by atoms with Crippen molar-refractivity contribution in [3.05, 3.63) is 101 Å². The Morgan fingerprint density at radius 1 is 0.746 bits per heavy atom. The number of hydrogen-bond donors (Lipinski definition) is 2. The SMILES string of the molecule is C=C(C)C(=O)OCCCc1cc(-c2ccc(-c3ccc(C4CCC(CCCCC)CC4)cc3F)c(CC)c2)c(CCCOC(=O)C(=C)C)cc1OCC(CC)(CS)CS. The summed E-state index contributed by atoms with van der Waals surface area (Å²) in [5, 5.41) is 0. The number of hydrogen-bond acceptors (Lipinski definition) is 7. The van der Waals surface area contributed by atoms with E-state index < -0.39 is 11.9 Å². The Morgan fingerprint density at radius 3 is 1.93 bits per heavy atom. The van der Waals surface area contributed by atoms with Gasteiger partial charge in [0.05, 0.1) is 19.8 Å². The number of esters is 2. The Balaban J connectivity index is 1.69. The van der Waals surface area contributed by atoms with Crippen LogP contribution in [-0.2, 0) is 38.3 Å². The van der Waals surface area contributed by atoms with Crippen LogP contribution in [0.15, 0.2) is 72.8 Å². The lowest BCUT2D eigenvalue weighted by Gasteiger charge is -2.30. The van der Waals surface area contributed by atoms with Crippen LogP contribution in [0.4, 0.5) is 4.39 Å². The predicted molar refractivity (Wildman–Crippen MR) is 250 cm³/mol. The molecule has 0 radical (unpaired) electrons. The molecular formula is C51H69FO5S2. The van der Waals surface area contributed by atoms with E-state index in [1.165, 1.54) is 38.5 Å². The van der Waals surface area contributed by atoms with Gasteiger partial charge in [-0.15, -0.1) is 0 Å². The van der Waals surface area contributed by atoms with Crippen LogP contribution in [0.5, 0.6) is 5.75 Å². The summed E-state index contributed by atoms with van der Waals surface area (Å²) in [5.74, 6) is 2.29. The molecule has 0 N–H and O–H groups in total. The average molecular weight is 845 g/mol. The van der Waals surface area contributed by atoms with Crippen LogP contribution in [0.2, 0.25) is 0 Å². The van der Waals surface area contributed by atoms with Crippen LogP contribution in [0.25, 0.3) is 22.3 Å². The van der Waals surface area contributed by atoms with E-state index in [1.54, 1.807) is 19.9 Å². The number of unbranched alkanes of at least 4 members (excludes halogenated alkanes) is 2. The normalized spacial score (nSPS) is 15.5. The van der Waals surface area contributed by atoms with Crippen molar-refractivity contribution in [1.29, 1.82) is 0 Å². The Labute approximate surface area is 365 Å². The molecule has 0 saturated heterocycles. The smallest absolute Gasteiger partial charge is 0.333 e. The molecule has 0 aromatic heterocycles. The summed E-state index contributed by atoms with van der Waals surface area (Å²) in [6, 6.07) is 16.6. The zero-order valence-electron chi connectivity index (χ0n) is 36.4. The van der Waals surface area contributed by atoms with E-state index in [0.29, 0.717) is 66.4 Å². The van der Waals surface area contributed by atoms with Crippen molar-refractivity contribution in [3.8, 4) is 28.0 Å². The maximum absolute atomic E-state index is 16.1. The lowest BCUT2D eigenvalue weighted by molar-refractivity contribution is -0.139. The molecule has 0 aliphatic heterocycles. The summed E-state index contributed by atoms with van der Waals surface area (Å²) in [4.78, 5) is 24.3. The molecule has 322 valence electrons. The van der Waals surface area contributed by atoms with E-state index in [-0.39, 0.29) is 24.4 Å². The molecule has 0 amide bonds. The van der Waals surface area contributed by atoms with Crippen molar-refractivity contribution >= 4 is 37.2 Å². The number of aryl methyl sites for hydroxylation is 3. The monoisotopic (exact) mass is 844 g/mol. The van der Waals surface area contributed by atoms with Gasteiger partial charge >= 0.3 is 11.9 Å². The van der Waals surface area contributed by atoms with Gasteiger partial charge in [0, 0.05) is 22.1 Å². The van der Waals surface area contributed by atoms with Crippen molar-refractivity contribution in [1.82, 2.24) is 0 Å². The second-order valence-electron chi connectivity index (χ2n) is 16.8. The minimum Gasteiger partial charge on any atom is -0.493 e. The van der Waals surface area contributed by atoms with Crippen LogP contribution < -0.4 is 4.74 Å². The quantitative estimate of drug-likeness (QED) is 0.0407. The molecule has 1 saturated carbocycles. The molecule has 59 heavy (non-hydrogen) atoms. The molecule has 4 rings (SSSR count). The summed E-state index contributed by atoms with van der Waals surface area (Å²) in [5.41, 5.74) is 8.34. The number of rotatable bonds is 24. The maximum Gasteiger partial charge on any atom is 0.333 e. The van der Waals surface area contributed by atoms with Crippen molar-refractivity contribution in [2.75, 3.05) is 31.3 Å². The van der Waals surface area contributed by atoms with Crippen molar-refractivity contribution < 1.29 is 28.2 Å². The summed E-state index contributed by atoms with van der Waals surface area (Å²) in [7, 11) is 0. The second-order valence-corrected chi connectivity index (χ2v) is 17.4. The third-order valence-electron chi connectivity index (χ3n) is 12.2. The highest BCUT2D eigenvalue weighted by Crippen LogP contribution is 2.41. The highest BCUT2D eigenvalue weighted by molar-refractivity contribution is 7.81. The highest BCUT2D eigenvalue weighted by atomic mass is 32.1. The van der Waals surface area contributed by atoms with Crippen molar-refractivity contribution in [2.24, 2.45) is 11.3 Å².